The molecule has 2 heterocycles. The number of anilines is 1. The Labute approximate surface area is 143 Å². The molecule has 3 atom stereocenters. The van der Waals surface area contributed by atoms with Gasteiger partial charge in [0.1, 0.15) is 18.0 Å². The number of hydrogen-bond acceptors (Lipinski definition) is 6. The Bertz CT molecular complexity index is 681. The lowest BCUT2D eigenvalue weighted by atomic mass is 10.1. The van der Waals surface area contributed by atoms with Gasteiger partial charge in [0.15, 0.2) is 14.5 Å². The molecule has 3 N–H and O–H groups in total. The predicted octanol–water partition coefficient (Wildman–Crippen LogP) is 1.66. The van der Waals surface area contributed by atoms with E-state index in [1.54, 1.807) is 0 Å². The fourth-order valence-corrected chi connectivity index (χ4v) is 3.21. The molecule has 134 valence electrons. The third kappa shape index (κ3) is 3.61. The van der Waals surface area contributed by atoms with Gasteiger partial charge in [0.2, 0.25) is 0 Å². The van der Waals surface area contributed by atoms with Gasteiger partial charge in [0, 0.05) is 11.8 Å². The highest BCUT2D eigenvalue weighted by Gasteiger charge is 2.42. The van der Waals surface area contributed by atoms with Crippen LogP contribution in [0.5, 0.6) is 0 Å². The minimum atomic E-state index is -1.96. The van der Waals surface area contributed by atoms with Crippen LogP contribution in [0.15, 0.2) is 29.2 Å². The second kappa shape index (κ2) is 6.44. The molecule has 1 aliphatic rings. The van der Waals surface area contributed by atoms with Crippen LogP contribution in [-0.2, 0) is 9.16 Å². The van der Waals surface area contributed by atoms with Crippen LogP contribution in [0.1, 0.15) is 27.0 Å². The number of aliphatic hydroxyl groups excluding tert-OH is 1. The number of nitrogens with two attached hydrogens (primary N) is 1. The first kappa shape index (κ1) is 18.8. The van der Waals surface area contributed by atoms with Crippen LogP contribution in [0.25, 0.3) is 0 Å². The van der Waals surface area contributed by atoms with Crippen molar-refractivity contribution in [2.75, 3.05) is 12.3 Å². The van der Waals surface area contributed by atoms with Crippen molar-refractivity contribution >= 4 is 14.1 Å². The number of ether oxygens (including phenoxy) is 1. The number of aliphatic hydroxyl groups is 1. The number of nitrogen functional groups attached to an aromatic ring is 1. The van der Waals surface area contributed by atoms with E-state index in [1.807, 2.05) is 0 Å². The Morgan fingerprint density at radius 3 is 2.67 bits per heavy atom. The molecule has 7 nitrogen and oxygen atoms in total. The summed E-state index contributed by atoms with van der Waals surface area (Å²) >= 11 is 0. The van der Waals surface area contributed by atoms with Crippen LogP contribution in [0.3, 0.4) is 0 Å². The van der Waals surface area contributed by atoms with Crippen molar-refractivity contribution in [1.82, 2.24) is 9.55 Å². The number of nitrogens with zero attached hydrogens (tertiary/aromatic N) is 2. The molecule has 8 heteroatoms. The summed E-state index contributed by atoms with van der Waals surface area (Å²) in [6.45, 7) is 14.8. The van der Waals surface area contributed by atoms with Crippen LogP contribution < -0.4 is 11.4 Å². The molecule has 0 unspecified atom stereocenters. The van der Waals surface area contributed by atoms with Crippen molar-refractivity contribution in [2.24, 2.45) is 0 Å². The first-order valence-corrected chi connectivity index (χ1v) is 10.9. The standard InChI is InChI=1S/C16H27N3O4Si/c1-10-13(20)11(9-22-24(5,6)16(2,3)4)23-14(10)19-8-7-12(17)18-15(19)21/h7-8,11,13-14,20H,1,9H2,2-6H3,(H2,17,18,21)/t11-,13+,14-/m1/s1. The molecule has 1 aromatic rings. The number of rotatable bonds is 4. The van der Waals surface area contributed by atoms with E-state index >= 15 is 0 Å². The largest absolute Gasteiger partial charge is 0.414 e. The van der Waals surface area contributed by atoms with Crippen LogP contribution in [0.4, 0.5) is 5.82 Å². The molecular formula is C16H27N3O4Si. The van der Waals surface area contributed by atoms with E-state index < -0.39 is 32.4 Å². The van der Waals surface area contributed by atoms with E-state index in [0.717, 1.165) is 0 Å². The summed E-state index contributed by atoms with van der Waals surface area (Å²) in [5.41, 5.74) is 5.37. The SMILES string of the molecule is C=C1[C@H](n2ccc(N)nc2=O)O[C@H](CO[Si](C)(C)C(C)(C)C)[C@H]1O. The van der Waals surface area contributed by atoms with Gasteiger partial charge in [-0.3, -0.25) is 4.57 Å². The molecule has 24 heavy (non-hydrogen) atoms. The van der Waals surface area contributed by atoms with Gasteiger partial charge in [-0.2, -0.15) is 4.98 Å². The molecule has 1 saturated heterocycles. The number of hydrogen-bond donors (Lipinski definition) is 2. The van der Waals surface area contributed by atoms with Crippen molar-refractivity contribution < 1.29 is 14.3 Å². The number of aromatic nitrogens is 2. The molecular weight excluding hydrogens is 326 g/mol. The summed E-state index contributed by atoms with van der Waals surface area (Å²) in [5, 5.41) is 10.4. The molecule has 1 aliphatic heterocycles. The lowest BCUT2D eigenvalue weighted by Gasteiger charge is -2.37. The normalized spacial score (nSPS) is 25.2. The fraction of sp³-hybridized carbons (Fsp3) is 0.625. The van der Waals surface area contributed by atoms with E-state index in [1.165, 1.54) is 16.8 Å². The molecule has 0 saturated carbocycles. The fourth-order valence-electron chi connectivity index (χ4n) is 2.20. The lowest BCUT2D eigenvalue weighted by molar-refractivity contribution is -0.0420. The van der Waals surface area contributed by atoms with Gasteiger partial charge in [0.25, 0.3) is 0 Å². The lowest BCUT2D eigenvalue weighted by Crippen LogP contribution is -2.44. The van der Waals surface area contributed by atoms with Crippen molar-refractivity contribution in [1.29, 1.82) is 0 Å². The summed E-state index contributed by atoms with van der Waals surface area (Å²) in [5.74, 6) is 0.137. The van der Waals surface area contributed by atoms with E-state index in [4.69, 9.17) is 14.9 Å². The third-order valence-corrected chi connectivity index (χ3v) is 9.37. The summed E-state index contributed by atoms with van der Waals surface area (Å²) in [4.78, 5) is 15.7. The van der Waals surface area contributed by atoms with Gasteiger partial charge in [-0.1, -0.05) is 27.4 Å². The molecule has 1 aromatic heterocycles. The highest BCUT2D eigenvalue weighted by atomic mass is 28.4. The van der Waals surface area contributed by atoms with Gasteiger partial charge in [-0.25, -0.2) is 4.79 Å². The van der Waals surface area contributed by atoms with Gasteiger partial charge < -0.3 is 20.0 Å². The summed E-state index contributed by atoms with van der Waals surface area (Å²) < 4.78 is 13.2. The van der Waals surface area contributed by atoms with Gasteiger partial charge >= 0.3 is 5.69 Å². The quantitative estimate of drug-likeness (QED) is 0.631. The molecule has 2 rings (SSSR count). The van der Waals surface area contributed by atoms with Gasteiger partial charge in [-0.15, -0.1) is 0 Å². The molecule has 0 aromatic carbocycles. The average molecular weight is 353 g/mol. The monoisotopic (exact) mass is 353 g/mol. The van der Waals surface area contributed by atoms with Crippen LogP contribution in [0, 0.1) is 0 Å². The molecule has 1 fully saturated rings. The average Bonchev–Trinajstić information content (AvgIpc) is 2.72. The minimum absolute atomic E-state index is 0.0603. The predicted molar refractivity (Wildman–Crippen MR) is 95.1 cm³/mol. The molecule has 0 radical (unpaired) electrons. The summed E-state index contributed by atoms with van der Waals surface area (Å²) in [7, 11) is -1.96. The maximum absolute atomic E-state index is 12.0. The Hall–Kier alpha value is -1.48. The Balaban J connectivity index is 2.13. The van der Waals surface area contributed by atoms with Gasteiger partial charge in [-0.05, 0) is 24.2 Å². The first-order chi connectivity index (χ1) is 10.9. The Morgan fingerprint density at radius 1 is 1.50 bits per heavy atom. The second-order valence-electron chi connectivity index (χ2n) is 7.66. The van der Waals surface area contributed by atoms with Crippen LogP contribution in [-0.4, -0.2) is 41.8 Å². The van der Waals surface area contributed by atoms with E-state index in [-0.39, 0.29) is 17.5 Å². The summed E-state index contributed by atoms with van der Waals surface area (Å²) in [6, 6.07) is 1.50. The highest BCUT2D eigenvalue weighted by molar-refractivity contribution is 6.74. The van der Waals surface area contributed by atoms with Crippen molar-refractivity contribution in [2.45, 2.75) is 57.3 Å². The van der Waals surface area contributed by atoms with Crippen molar-refractivity contribution in [3.63, 3.8) is 0 Å². The topological polar surface area (TPSA) is 99.6 Å². The zero-order chi connectivity index (χ0) is 18.3. The minimum Gasteiger partial charge on any atom is -0.414 e. The molecule has 0 aliphatic carbocycles. The van der Waals surface area contributed by atoms with Crippen molar-refractivity contribution in [3.8, 4) is 0 Å². The summed E-state index contributed by atoms with van der Waals surface area (Å²) in [6.07, 6.45) is -0.747. The van der Waals surface area contributed by atoms with Crippen molar-refractivity contribution in [3.05, 3.63) is 34.9 Å². The Morgan fingerprint density at radius 2 is 2.12 bits per heavy atom. The van der Waals surface area contributed by atoms with E-state index in [9.17, 15) is 9.90 Å². The second-order valence-corrected chi connectivity index (χ2v) is 12.5. The van der Waals surface area contributed by atoms with E-state index in [2.05, 4.69) is 45.4 Å². The van der Waals surface area contributed by atoms with Crippen LogP contribution in [0.2, 0.25) is 18.1 Å². The Kier molecular flexibility index (Phi) is 5.05. The molecule has 0 bridgehead atoms. The van der Waals surface area contributed by atoms with Gasteiger partial charge in [0.05, 0.1) is 6.61 Å². The van der Waals surface area contributed by atoms with E-state index in [0.29, 0.717) is 5.57 Å². The molecule has 0 amide bonds. The highest BCUT2D eigenvalue weighted by Crippen LogP contribution is 2.38. The molecule has 0 spiro atoms. The van der Waals surface area contributed by atoms with Crippen LogP contribution >= 0.6 is 0 Å². The zero-order valence-corrected chi connectivity index (χ0v) is 15.9. The first-order valence-electron chi connectivity index (χ1n) is 7.95. The smallest absolute Gasteiger partial charge is 0.351 e. The third-order valence-electron chi connectivity index (χ3n) is 4.87. The zero-order valence-electron chi connectivity index (χ0n) is 14.9. The maximum atomic E-state index is 12.0. The maximum Gasteiger partial charge on any atom is 0.351 e.